The molecule has 0 radical (unpaired) electrons. The summed E-state index contributed by atoms with van der Waals surface area (Å²) in [6.07, 6.45) is 2.32. The van der Waals surface area contributed by atoms with Crippen molar-refractivity contribution in [1.82, 2.24) is 5.32 Å². The van der Waals surface area contributed by atoms with E-state index in [-0.39, 0.29) is 0 Å². The summed E-state index contributed by atoms with van der Waals surface area (Å²) in [7, 11) is 0. The van der Waals surface area contributed by atoms with E-state index in [9.17, 15) is 0 Å². The third-order valence-electron chi connectivity index (χ3n) is 3.53. The fourth-order valence-corrected chi connectivity index (χ4v) is 2.63. The summed E-state index contributed by atoms with van der Waals surface area (Å²) in [5.74, 6) is 1.79. The lowest BCUT2D eigenvalue weighted by Gasteiger charge is -2.16. The first-order valence-corrected chi connectivity index (χ1v) is 6.73. The molecule has 0 saturated carbocycles. The number of benzene rings is 1. The van der Waals surface area contributed by atoms with Crippen molar-refractivity contribution in [3.8, 4) is 5.75 Å². The van der Waals surface area contributed by atoms with Gasteiger partial charge in [-0.15, -0.1) is 0 Å². The van der Waals surface area contributed by atoms with E-state index >= 15 is 0 Å². The molecule has 1 aromatic carbocycles. The fraction of sp³-hybridized carbons (Fsp3) is 0.600. The van der Waals surface area contributed by atoms with Crippen LogP contribution in [0.15, 0.2) is 18.2 Å². The highest BCUT2D eigenvalue weighted by Gasteiger charge is 2.23. The molecule has 1 aromatic rings. The Hall–Kier alpha value is -1.02. The summed E-state index contributed by atoms with van der Waals surface area (Å²) in [5.41, 5.74) is 2.88. The number of hydrogen-bond acceptors (Lipinski definition) is 2. The molecule has 1 fully saturated rings. The lowest BCUT2D eigenvalue weighted by atomic mass is 9.95. The van der Waals surface area contributed by atoms with E-state index in [1.54, 1.807) is 0 Å². The Morgan fingerprint density at radius 3 is 2.76 bits per heavy atom. The largest absolute Gasteiger partial charge is 0.494 e. The Morgan fingerprint density at radius 1 is 1.35 bits per heavy atom. The van der Waals surface area contributed by atoms with Gasteiger partial charge in [0.25, 0.3) is 0 Å². The molecule has 0 spiro atoms. The maximum Gasteiger partial charge on any atom is 0.119 e. The minimum atomic E-state index is 0.538. The van der Waals surface area contributed by atoms with E-state index in [0.717, 1.165) is 31.2 Å². The van der Waals surface area contributed by atoms with Crippen LogP contribution < -0.4 is 10.1 Å². The van der Waals surface area contributed by atoms with Crippen LogP contribution in [0.25, 0.3) is 0 Å². The van der Waals surface area contributed by atoms with Gasteiger partial charge >= 0.3 is 0 Å². The van der Waals surface area contributed by atoms with Crippen LogP contribution in [0.2, 0.25) is 0 Å². The monoisotopic (exact) mass is 233 g/mol. The lowest BCUT2D eigenvalue weighted by Crippen LogP contribution is -2.15. The quantitative estimate of drug-likeness (QED) is 0.861. The summed E-state index contributed by atoms with van der Waals surface area (Å²) < 4.78 is 5.57. The highest BCUT2D eigenvalue weighted by molar-refractivity contribution is 5.38. The van der Waals surface area contributed by atoms with E-state index in [2.05, 4.69) is 37.4 Å². The first-order valence-electron chi connectivity index (χ1n) is 6.73. The van der Waals surface area contributed by atoms with Crippen molar-refractivity contribution in [3.63, 3.8) is 0 Å². The Labute approximate surface area is 104 Å². The summed E-state index contributed by atoms with van der Waals surface area (Å²) in [4.78, 5) is 0. The summed E-state index contributed by atoms with van der Waals surface area (Å²) in [6.45, 7) is 8.43. The van der Waals surface area contributed by atoms with E-state index < -0.39 is 0 Å². The van der Waals surface area contributed by atoms with Crippen molar-refractivity contribution in [2.75, 3.05) is 13.2 Å². The van der Waals surface area contributed by atoms with Gasteiger partial charge in [-0.3, -0.25) is 0 Å². The molecule has 0 bridgehead atoms. The minimum Gasteiger partial charge on any atom is -0.494 e. The van der Waals surface area contributed by atoms with Gasteiger partial charge in [0, 0.05) is 6.04 Å². The van der Waals surface area contributed by atoms with Crippen molar-refractivity contribution >= 4 is 0 Å². The third kappa shape index (κ3) is 2.81. The molecule has 0 unspecified atom stereocenters. The predicted octanol–water partition coefficient (Wildman–Crippen LogP) is 3.32. The van der Waals surface area contributed by atoms with Crippen LogP contribution in [0.3, 0.4) is 0 Å². The lowest BCUT2D eigenvalue weighted by molar-refractivity contribution is 0.339. The molecule has 2 rings (SSSR count). The number of hydrogen-bond donors (Lipinski definition) is 1. The summed E-state index contributed by atoms with van der Waals surface area (Å²) in [5, 5.41) is 3.61. The molecular weight excluding hydrogens is 210 g/mol. The van der Waals surface area contributed by atoms with Gasteiger partial charge in [0.15, 0.2) is 0 Å². The number of ether oxygens (including phenoxy) is 1. The van der Waals surface area contributed by atoms with E-state index in [0.29, 0.717) is 6.04 Å². The van der Waals surface area contributed by atoms with Crippen molar-refractivity contribution in [2.24, 2.45) is 5.92 Å². The number of nitrogens with one attached hydrogen (secondary N) is 1. The molecule has 94 valence electrons. The average molecular weight is 233 g/mol. The predicted molar refractivity (Wildman–Crippen MR) is 71.5 cm³/mol. The fourth-order valence-electron chi connectivity index (χ4n) is 2.63. The van der Waals surface area contributed by atoms with Crippen LogP contribution in [-0.2, 0) is 6.42 Å². The van der Waals surface area contributed by atoms with Crippen LogP contribution in [0.4, 0.5) is 0 Å². The molecular formula is C15H23NO. The molecule has 1 aliphatic rings. The van der Waals surface area contributed by atoms with Crippen LogP contribution in [0.5, 0.6) is 5.75 Å². The van der Waals surface area contributed by atoms with Crippen molar-refractivity contribution in [2.45, 2.75) is 39.7 Å². The SMILES string of the molecule is CCOc1ccc([C@H]2C[C@@H](C)CN2)c(CC)c1. The van der Waals surface area contributed by atoms with E-state index in [1.807, 2.05) is 6.92 Å². The molecule has 2 atom stereocenters. The molecule has 1 N–H and O–H groups in total. The minimum absolute atomic E-state index is 0.538. The third-order valence-corrected chi connectivity index (χ3v) is 3.53. The number of rotatable bonds is 4. The molecule has 2 heteroatoms. The van der Waals surface area contributed by atoms with Gasteiger partial charge in [0.1, 0.15) is 5.75 Å². The van der Waals surface area contributed by atoms with Crippen LogP contribution in [-0.4, -0.2) is 13.2 Å². The van der Waals surface area contributed by atoms with Crippen LogP contribution >= 0.6 is 0 Å². The molecule has 1 saturated heterocycles. The summed E-state index contributed by atoms with van der Waals surface area (Å²) in [6, 6.07) is 7.07. The van der Waals surface area contributed by atoms with Gasteiger partial charge < -0.3 is 10.1 Å². The first-order chi connectivity index (χ1) is 8.24. The molecule has 1 aliphatic heterocycles. The van der Waals surface area contributed by atoms with Crippen LogP contribution in [0.1, 0.15) is 44.4 Å². The second kappa shape index (κ2) is 5.54. The summed E-state index contributed by atoms with van der Waals surface area (Å²) >= 11 is 0. The van der Waals surface area contributed by atoms with E-state index in [1.165, 1.54) is 17.5 Å². The topological polar surface area (TPSA) is 21.3 Å². The van der Waals surface area contributed by atoms with Gasteiger partial charge in [-0.25, -0.2) is 0 Å². The Kier molecular flexibility index (Phi) is 4.06. The zero-order chi connectivity index (χ0) is 12.3. The first kappa shape index (κ1) is 12.4. The standard InChI is InChI=1S/C15H23NO/c1-4-12-9-13(17-5-2)6-7-14(12)15-8-11(3)10-16-15/h6-7,9,11,15-16H,4-5,8,10H2,1-3H3/t11-,15-/m1/s1. The Bertz CT molecular complexity index is 375. The molecule has 0 amide bonds. The maximum absolute atomic E-state index is 5.57. The molecule has 2 nitrogen and oxygen atoms in total. The second-order valence-corrected chi connectivity index (χ2v) is 4.95. The van der Waals surface area contributed by atoms with Crippen LogP contribution in [0, 0.1) is 5.92 Å². The molecule has 0 aliphatic carbocycles. The van der Waals surface area contributed by atoms with Crippen molar-refractivity contribution in [1.29, 1.82) is 0 Å². The number of aryl methyl sites for hydroxylation is 1. The zero-order valence-corrected chi connectivity index (χ0v) is 11.1. The van der Waals surface area contributed by atoms with Gasteiger partial charge in [0.05, 0.1) is 6.61 Å². The second-order valence-electron chi connectivity index (χ2n) is 4.95. The van der Waals surface area contributed by atoms with Gasteiger partial charge in [-0.05, 0) is 55.5 Å². The van der Waals surface area contributed by atoms with Gasteiger partial charge in [0.2, 0.25) is 0 Å². The molecule has 17 heavy (non-hydrogen) atoms. The highest BCUT2D eigenvalue weighted by atomic mass is 16.5. The molecule has 1 heterocycles. The van der Waals surface area contributed by atoms with E-state index in [4.69, 9.17) is 4.74 Å². The van der Waals surface area contributed by atoms with Gasteiger partial charge in [-0.1, -0.05) is 19.9 Å². The average Bonchev–Trinajstić information content (AvgIpc) is 2.76. The van der Waals surface area contributed by atoms with Crippen molar-refractivity contribution in [3.05, 3.63) is 29.3 Å². The maximum atomic E-state index is 5.57. The smallest absolute Gasteiger partial charge is 0.119 e. The normalized spacial score (nSPS) is 23.9. The Balaban J connectivity index is 2.21. The van der Waals surface area contributed by atoms with Crippen molar-refractivity contribution < 1.29 is 4.74 Å². The highest BCUT2D eigenvalue weighted by Crippen LogP contribution is 2.31. The Morgan fingerprint density at radius 2 is 2.18 bits per heavy atom. The zero-order valence-electron chi connectivity index (χ0n) is 11.1. The molecule has 0 aromatic heterocycles. The van der Waals surface area contributed by atoms with Gasteiger partial charge in [-0.2, -0.15) is 0 Å².